The number of nitrogens with zero attached hydrogens (tertiary/aromatic N) is 3. The summed E-state index contributed by atoms with van der Waals surface area (Å²) in [6.07, 6.45) is 16.6. The number of aromatic hydroxyl groups is 1. The molecule has 5 aromatic rings. The Kier molecular flexibility index (Phi) is 21.9. The molecule has 0 radical (unpaired) electrons. The fourth-order valence-electron chi connectivity index (χ4n) is 10.5. The van der Waals surface area contributed by atoms with Crippen LogP contribution in [-0.2, 0) is 20.0 Å². The lowest BCUT2D eigenvalue weighted by Crippen LogP contribution is -2.39. The van der Waals surface area contributed by atoms with Crippen LogP contribution in [0.15, 0.2) is 112 Å². The standard InChI is InChI=1S/C62H86N4O6S2/c1-9-17-21-45(13-5)41-65(42-46(14-6)22-18-10-2)73(69,70)55-37-33-51(34-38-55)49-25-29-53(30-26-49)59-57-58(62(68)63-59)60(64-61(57)67)54-31-27-50(28-32-54)52-35-39-56(40-36-52)74(71,72)66(43-47(15-7)23-19-11-3)44-48(16-8)24-20-12-4/h25-40,45-48,63,68H,9-24,41-44H2,1-8H3. The summed E-state index contributed by atoms with van der Waals surface area (Å²) in [6, 6.07) is 29.5. The van der Waals surface area contributed by atoms with E-state index >= 15 is 0 Å². The first-order chi connectivity index (χ1) is 35.7. The summed E-state index contributed by atoms with van der Waals surface area (Å²) in [5.74, 6) is 0.656. The van der Waals surface area contributed by atoms with Crippen molar-refractivity contribution >= 4 is 31.7 Å². The number of aromatic nitrogens is 1. The van der Waals surface area contributed by atoms with Crippen molar-refractivity contribution in [3.63, 3.8) is 0 Å². The molecule has 2 N–H and O–H groups in total. The van der Waals surface area contributed by atoms with E-state index in [0.29, 0.717) is 93.3 Å². The molecule has 2 heterocycles. The number of benzene rings is 4. The molecule has 1 aliphatic rings. The Hall–Kier alpha value is -4.88. The van der Waals surface area contributed by atoms with Gasteiger partial charge in [-0.3, -0.25) is 4.79 Å². The number of amides is 1. The van der Waals surface area contributed by atoms with E-state index in [1.807, 2.05) is 72.8 Å². The highest BCUT2D eigenvalue weighted by Crippen LogP contribution is 2.39. The second-order valence-corrected chi connectivity index (χ2v) is 24.8. The molecule has 0 saturated heterocycles. The summed E-state index contributed by atoms with van der Waals surface area (Å²) < 4.78 is 60.9. The Morgan fingerprint density at radius 2 is 0.743 bits per heavy atom. The molecule has 402 valence electrons. The van der Waals surface area contributed by atoms with E-state index in [2.05, 4.69) is 65.4 Å². The van der Waals surface area contributed by atoms with Gasteiger partial charge in [0.2, 0.25) is 20.0 Å². The van der Waals surface area contributed by atoms with Crippen molar-refractivity contribution in [3.8, 4) is 39.4 Å². The summed E-state index contributed by atoms with van der Waals surface area (Å²) in [5, 5.41) is 11.3. The Morgan fingerprint density at radius 3 is 1.05 bits per heavy atom. The highest BCUT2D eigenvalue weighted by Gasteiger charge is 2.34. The maximum absolute atomic E-state index is 14.3. The lowest BCUT2D eigenvalue weighted by atomic mass is 9.97. The van der Waals surface area contributed by atoms with Crippen LogP contribution in [0.3, 0.4) is 0 Å². The van der Waals surface area contributed by atoms with E-state index in [1.165, 1.54) is 0 Å². The first-order valence-corrected chi connectivity index (χ1v) is 31.1. The maximum Gasteiger partial charge on any atom is 0.280 e. The molecule has 6 rings (SSSR count). The predicted octanol–water partition coefficient (Wildman–Crippen LogP) is 15.6. The topological polar surface area (TPSA) is 140 Å². The zero-order valence-corrected chi connectivity index (χ0v) is 47.5. The summed E-state index contributed by atoms with van der Waals surface area (Å²) >= 11 is 0. The molecule has 0 bridgehead atoms. The molecular weight excluding hydrogens is 961 g/mol. The molecule has 0 aliphatic carbocycles. The summed E-state index contributed by atoms with van der Waals surface area (Å²) in [6.45, 7) is 19.5. The average Bonchev–Trinajstić information content (AvgIpc) is 3.96. The highest BCUT2D eigenvalue weighted by molar-refractivity contribution is 7.89. The van der Waals surface area contributed by atoms with Crippen LogP contribution < -0.4 is 0 Å². The molecule has 1 aromatic heterocycles. The van der Waals surface area contributed by atoms with Crippen LogP contribution in [0.2, 0.25) is 0 Å². The van der Waals surface area contributed by atoms with Gasteiger partial charge in [-0.2, -0.15) is 8.61 Å². The molecule has 74 heavy (non-hydrogen) atoms. The third-order valence-electron chi connectivity index (χ3n) is 15.6. The minimum Gasteiger partial charge on any atom is -0.494 e. The molecule has 1 amide bonds. The van der Waals surface area contributed by atoms with Crippen LogP contribution in [0.1, 0.15) is 180 Å². The van der Waals surface area contributed by atoms with Gasteiger partial charge in [-0.05, 0) is 101 Å². The number of aromatic amines is 1. The summed E-state index contributed by atoms with van der Waals surface area (Å²) in [5.41, 5.74) is 6.30. The Morgan fingerprint density at radius 1 is 0.446 bits per heavy atom. The Bertz CT molecular complexity index is 2770. The van der Waals surface area contributed by atoms with Gasteiger partial charge in [0.15, 0.2) is 5.88 Å². The van der Waals surface area contributed by atoms with Gasteiger partial charge < -0.3 is 10.1 Å². The fraction of sp³-hybridized carbons (Fsp3) is 0.516. The second kappa shape index (κ2) is 27.8. The minimum atomic E-state index is -3.73. The van der Waals surface area contributed by atoms with Crippen LogP contribution in [0.4, 0.5) is 0 Å². The largest absolute Gasteiger partial charge is 0.494 e. The normalized spacial score (nSPS) is 14.6. The van der Waals surface area contributed by atoms with Gasteiger partial charge >= 0.3 is 0 Å². The second-order valence-electron chi connectivity index (χ2n) is 20.9. The van der Waals surface area contributed by atoms with Crippen LogP contribution >= 0.6 is 0 Å². The van der Waals surface area contributed by atoms with E-state index < -0.39 is 26.0 Å². The smallest absolute Gasteiger partial charge is 0.280 e. The van der Waals surface area contributed by atoms with Gasteiger partial charge in [-0.25, -0.2) is 21.8 Å². The van der Waals surface area contributed by atoms with Gasteiger partial charge in [-0.1, -0.05) is 205 Å². The number of sulfonamides is 2. The lowest BCUT2D eigenvalue weighted by Gasteiger charge is -2.30. The average molecular weight is 1050 g/mol. The van der Waals surface area contributed by atoms with Crippen LogP contribution in [-0.4, -0.2) is 73.3 Å². The number of aliphatic imine (C=N–C) groups is 1. The van der Waals surface area contributed by atoms with E-state index in [-0.39, 0.29) is 5.88 Å². The predicted molar refractivity (Wildman–Crippen MR) is 306 cm³/mol. The minimum absolute atomic E-state index is 0.151. The molecule has 4 aromatic carbocycles. The molecule has 0 fully saturated rings. The van der Waals surface area contributed by atoms with Gasteiger partial charge in [0.25, 0.3) is 5.91 Å². The van der Waals surface area contributed by atoms with Crippen LogP contribution in [0.5, 0.6) is 5.88 Å². The van der Waals surface area contributed by atoms with Gasteiger partial charge in [-0.15, -0.1) is 0 Å². The van der Waals surface area contributed by atoms with Gasteiger partial charge in [0, 0.05) is 31.7 Å². The number of hydrogen-bond donors (Lipinski definition) is 2. The number of fused-ring (bicyclic) bond motifs is 1. The summed E-state index contributed by atoms with van der Waals surface area (Å²) in [7, 11) is -7.46. The van der Waals surface area contributed by atoms with Crippen molar-refractivity contribution in [1.29, 1.82) is 0 Å². The zero-order chi connectivity index (χ0) is 53.4. The number of hydrogen-bond acceptors (Lipinski definition) is 6. The van der Waals surface area contributed by atoms with E-state index in [9.17, 15) is 26.7 Å². The van der Waals surface area contributed by atoms with E-state index in [4.69, 9.17) is 0 Å². The third kappa shape index (κ3) is 14.3. The SMILES string of the molecule is CCCCC(CC)CN(CC(CC)CCCC)S(=O)(=O)c1ccc(-c2ccc(C3=NC(=O)c4c(-c5ccc(-c6ccc(S(=O)(=O)N(CC(CC)CCCC)CC(CC)CCCC)cc6)cc5)[nH]c(O)c43)cc2)cc1. The molecule has 1 aliphatic heterocycles. The van der Waals surface area contributed by atoms with Crippen LogP contribution in [0.25, 0.3) is 33.5 Å². The molecule has 12 heteroatoms. The quantitative estimate of drug-likeness (QED) is 0.0440. The third-order valence-corrected chi connectivity index (χ3v) is 19.3. The van der Waals surface area contributed by atoms with Gasteiger partial charge in [0.05, 0.1) is 32.3 Å². The van der Waals surface area contributed by atoms with Crippen LogP contribution in [0, 0.1) is 23.7 Å². The van der Waals surface area contributed by atoms with Crippen molar-refractivity contribution in [2.75, 3.05) is 26.2 Å². The first kappa shape index (κ1) is 58.4. The molecule has 0 spiro atoms. The van der Waals surface area contributed by atoms with Crippen molar-refractivity contribution in [1.82, 2.24) is 13.6 Å². The number of nitrogens with one attached hydrogen (secondary N) is 1. The molecule has 4 unspecified atom stereocenters. The van der Waals surface area contributed by atoms with Gasteiger partial charge in [0.1, 0.15) is 0 Å². The maximum atomic E-state index is 14.3. The number of rotatable bonds is 32. The number of unbranched alkanes of at least 4 members (excludes halogenated alkanes) is 4. The molecule has 10 nitrogen and oxygen atoms in total. The first-order valence-electron chi connectivity index (χ1n) is 28.2. The lowest BCUT2D eigenvalue weighted by molar-refractivity contribution is 0.101. The Balaban J connectivity index is 1.17. The van der Waals surface area contributed by atoms with Crippen molar-refractivity contribution in [3.05, 3.63) is 114 Å². The molecule has 0 saturated carbocycles. The summed E-state index contributed by atoms with van der Waals surface area (Å²) in [4.78, 5) is 21.7. The van der Waals surface area contributed by atoms with Crippen molar-refractivity contribution in [2.24, 2.45) is 28.7 Å². The fourth-order valence-corrected chi connectivity index (χ4v) is 13.7. The highest BCUT2D eigenvalue weighted by atomic mass is 32.2. The number of H-pyrrole nitrogens is 1. The van der Waals surface area contributed by atoms with E-state index in [0.717, 1.165) is 125 Å². The van der Waals surface area contributed by atoms with E-state index in [1.54, 1.807) is 32.9 Å². The van der Waals surface area contributed by atoms with Crippen molar-refractivity contribution in [2.45, 2.75) is 168 Å². The molecular formula is C62H86N4O6S2. The Labute approximate surface area is 445 Å². The van der Waals surface area contributed by atoms with Crippen molar-refractivity contribution < 1.29 is 26.7 Å². The molecule has 4 atom stereocenters. The number of carbonyl (C=O) groups is 1. The number of carbonyl (C=O) groups excluding carboxylic acids is 1. The monoisotopic (exact) mass is 1050 g/mol. The zero-order valence-electron chi connectivity index (χ0n) is 45.8.